The molecule has 4 heteroatoms. The zero-order valence-corrected chi connectivity index (χ0v) is 6.61. The zero-order valence-electron chi connectivity index (χ0n) is 5.79. The van der Waals surface area contributed by atoms with E-state index in [-0.39, 0.29) is 0 Å². The molecule has 0 saturated heterocycles. The molecule has 11 heavy (non-hydrogen) atoms. The number of aromatic amines is 2. The van der Waals surface area contributed by atoms with E-state index in [1.807, 2.05) is 12.2 Å². The Labute approximate surface area is 68.8 Å². The molecule has 1 aliphatic carbocycles. The number of nitrogens with zero attached hydrogens (tertiary/aromatic N) is 1. The molecule has 0 bridgehead atoms. The zero-order chi connectivity index (χ0) is 7.68. The standard InChI is InChI=1S/C7H7N3S/c11-7-8-6(9-10-7)5-3-1-2-4-5/h1-3H,4H2,(H2,8,9,10,11). The summed E-state index contributed by atoms with van der Waals surface area (Å²) in [5.41, 5.74) is 1.18. The number of hydrogen-bond acceptors (Lipinski definition) is 2. The molecule has 3 nitrogen and oxygen atoms in total. The van der Waals surface area contributed by atoms with Crippen LogP contribution >= 0.6 is 12.2 Å². The van der Waals surface area contributed by atoms with Crippen LogP contribution in [0.2, 0.25) is 0 Å². The van der Waals surface area contributed by atoms with Crippen molar-refractivity contribution in [1.29, 1.82) is 0 Å². The average Bonchev–Trinajstić information content (AvgIpc) is 2.55. The Morgan fingerprint density at radius 2 is 2.36 bits per heavy atom. The highest BCUT2D eigenvalue weighted by Crippen LogP contribution is 2.18. The van der Waals surface area contributed by atoms with Gasteiger partial charge in [-0.05, 0) is 18.6 Å². The first-order valence-corrected chi connectivity index (χ1v) is 3.78. The van der Waals surface area contributed by atoms with E-state index in [0.717, 1.165) is 12.2 Å². The molecule has 2 rings (SSSR count). The first kappa shape index (κ1) is 6.54. The van der Waals surface area contributed by atoms with E-state index >= 15 is 0 Å². The van der Waals surface area contributed by atoms with Gasteiger partial charge in [-0.15, -0.1) is 0 Å². The molecule has 56 valence electrons. The first-order chi connectivity index (χ1) is 5.36. The van der Waals surface area contributed by atoms with Gasteiger partial charge >= 0.3 is 0 Å². The monoisotopic (exact) mass is 165 g/mol. The number of allylic oxidation sites excluding steroid dienone is 4. The van der Waals surface area contributed by atoms with Crippen molar-refractivity contribution in [2.45, 2.75) is 6.42 Å². The summed E-state index contributed by atoms with van der Waals surface area (Å²) < 4.78 is 0.507. The van der Waals surface area contributed by atoms with Gasteiger partial charge in [-0.1, -0.05) is 18.2 Å². The highest BCUT2D eigenvalue weighted by molar-refractivity contribution is 7.71. The lowest BCUT2D eigenvalue weighted by molar-refractivity contribution is 1.06. The molecule has 0 unspecified atom stereocenters. The number of aromatic nitrogens is 3. The van der Waals surface area contributed by atoms with Crippen molar-refractivity contribution in [1.82, 2.24) is 15.2 Å². The van der Waals surface area contributed by atoms with Gasteiger partial charge in [0.05, 0.1) is 0 Å². The third-order valence-corrected chi connectivity index (χ3v) is 1.77. The molecule has 1 aromatic rings. The van der Waals surface area contributed by atoms with Crippen molar-refractivity contribution in [2.24, 2.45) is 0 Å². The fourth-order valence-corrected chi connectivity index (χ4v) is 1.19. The Morgan fingerprint density at radius 3 is 2.91 bits per heavy atom. The maximum Gasteiger partial charge on any atom is 0.213 e. The van der Waals surface area contributed by atoms with E-state index in [1.54, 1.807) is 0 Å². The summed E-state index contributed by atoms with van der Waals surface area (Å²) in [6.07, 6.45) is 7.07. The lowest BCUT2D eigenvalue weighted by Gasteiger charge is -1.91. The van der Waals surface area contributed by atoms with Crippen molar-refractivity contribution in [3.8, 4) is 0 Å². The lowest BCUT2D eigenvalue weighted by Crippen LogP contribution is -1.83. The minimum absolute atomic E-state index is 0.507. The van der Waals surface area contributed by atoms with Crippen molar-refractivity contribution in [2.75, 3.05) is 0 Å². The molecule has 0 saturated carbocycles. The van der Waals surface area contributed by atoms with E-state index in [0.29, 0.717) is 4.77 Å². The average molecular weight is 165 g/mol. The summed E-state index contributed by atoms with van der Waals surface area (Å²) in [5.74, 6) is 0.847. The van der Waals surface area contributed by atoms with Crippen LogP contribution in [-0.4, -0.2) is 15.2 Å². The molecule has 0 spiro atoms. The number of rotatable bonds is 1. The molecular formula is C7H7N3S. The highest BCUT2D eigenvalue weighted by Gasteiger charge is 2.04. The van der Waals surface area contributed by atoms with Gasteiger partial charge in [0.25, 0.3) is 0 Å². The minimum atomic E-state index is 0.507. The molecule has 1 heterocycles. The van der Waals surface area contributed by atoms with Gasteiger partial charge in [-0.2, -0.15) is 4.98 Å². The van der Waals surface area contributed by atoms with Gasteiger partial charge in [0.2, 0.25) is 4.77 Å². The van der Waals surface area contributed by atoms with Gasteiger partial charge in [-0.25, -0.2) is 0 Å². The van der Waals surface area contributed by atoms with Crippen LogP contribution in [0.15, 0.2) is 18.2 Å². The van der Waals surface area contributed by atoms with Gasteiger partial charge in [0.15, 0.2) is 5.82 Å². The van der Waals surface area contributed by atoms with Crippen LogP contribution in [0, 0.1) is 4.77 Å². The first-order valence-electron chi connectivity index (χ1n) is 3.37. The number of nitrogens with one attached hydrogen (secondary N) is 2. The maximum atomic E-state index is 4.82. The van der Waals surface area contributed by atoms with Crippen LogP contribution in [0.25, 0.3) is 5.57 Å². The molecule has 2 N–H and O–H groups in total. The number of hydrogen-bond donors (Lipinski definition) is 2. The molecule has 0 atom stereocenters. The Morgan fingerprint density at radius 1 is 1.45 bits per heavy atom. The minimum Gasteiger partial charge on any atom is -0.282 e. The van der Waals surface area contributed by atoms with E-state index in [2.05, 4.69) is 21.3 Å². The Bertz CT molecular complexity index is 369. The van der Waals surface area contributed by atoms with Crippen molar-refractivity contribution in [3.63, 3.8) is 0 Å². The summed E-state index contributed by atoms with van der Waals surface area (Å²) in [5, 5.41) is 5.65. The second kappa shape index (κ2) is 2.47. The third-order valence-electron chi connectivity index (χ3n) is 1.58. The van der Waals surface area contributed by atoms with Crippen molar-refractivity contribution in [3.05, 3.63) is 28.8 Å². The van der Waals surface area contributed by atoms with Crippen LogP contribution in [0.4, 0.5) is 0 Å². The van der Waals surface area contributed by atoms with Gasteiger partial charge in [-0.3, -0.25) is 10.2 Å². The summed E-state index contributed by atoms with van der Waals surface area (Å²) in [6, 6.07) is 0. The van der Waals surface area contributed by atoms with Crippen molar-refractivity contribution >= 4 is 17.8 Å². The van der Waals surface area contributed by atoms with E-state index < -0.39 is 0 Å². The maximum absolute atomic E-state index is 4.82. The lowest BCUT2D eigenvalue weighted by atomic mass is 10.2. The van der Waals surface area contributed by atoms with Crippen LogP contribution < -0.4 is 0 Å². The van der Waals surface area contributed by atoms with Crippen LogP contribution in [-0.2, 0) is 0 Å². The second-order valence-electron chi connectivity index (χ2n) is 2.34. The normalized spacial score (nSPS) is 15.5. The third kappa shape index (κ3) is 1.17. The second-order valence-corrected chi connectivity index (χ2v) is 2.73. The van der Waals surface area contributed by atoms with Gasteiger partial charge < -0.3 is 0 Å². The molecular weight excluding hydrogens is 158 g/mol. The topological polar surface area (TPSA) is 44.5 Å². The molecule has 0 fully saturated rings. The quantitative estimate of drug-likeness (QED) is 0.623. The molecule has 1 aromatic heterocycles. The van der Waals surface area contributed by atoms with E-state index in [9.17, 15) is 0 Å². The predicted molar refractivity (Wildman–Crippen MR) is 45.5 cm³/mol. The van der Waals surface area contributed by atoms with Crippen LogP contribution in [0.1, 0.15) is 12.2 Å². The van der Waals surface area contributed by atoms with E-state index in [4.69, 9.17) is 12.2 Å². The number of H-pyrrole nitrogens is 2. The molecule has 0 aliphatic heterocycles. The molecule has 0 amide bonds. The Hall–Kier alpha value is -1.16. The summed E-state index contributed by atoms with van der Waals surface area (Å²) in [4.78, 5) is 4.09. The fraction of sp³-hybridized carbons (Fsp3) is 0.143. The molecule has 0 radical (unpaired) electrons. The van der Waals surface area contributed by atoms with Crippen LogP contribution in [0.5, 0.6) is 0 Å². The summed E-state index contributed by atoms with van der Waals surface area (Å²) in [6.45, 7) is 0. The Balaban J connectivity index is 2.37. The Kier molecular flexibility index (Phi) is 1.47. The van der Waals surface area contributed by atoms with Gasteiger partial charge in [0.1, 0.15) is 0 Å². The smallest absolute Gasteiger partial charge is 0.213 e. The van der Waals surface area contributed by atoms with Crippen LogP contribution in [0.3, 0.4) is 0 Å². The van der Waals surface area contributed by atoms with E-state index in [1.165, 1.54) is 5.57 Å². The van der Waals surface area contributed by atoms with Gasteiger partial charge in [0, 0.05) is 5.57 Å². The largest absolute Gasteiger partial charge is 0.282 e. The SMILES string of the molecule is S=c1nc(C2=CC=CC2)[nH][nH]1. The summed E-state index contributed by atoms with van der Waals surface area (Å²) >= 11 is 4.82. The fourth-order valence-electron chi connectivity index (χ4n) is 1.05. The molecule has 0 aromatic carbocycles. The molecule has 1 aliphatic rings. The highest BCUT2D eigenvalue weighted by atomic mass is 32.1. The summed E-state index contributed by atoms with van der Waals surface area (Å²) in [7, 11) is 0. The predicted octanol–water partition coefficient (Wildman–Crippen LogP) is 1.81. The van der Waals surface area contributed by atoms with Crippen molar-refractivity contribution < 1.29 is 0 Å².